The number of hydrogen-bond donors (Lipinski definition) is 1. The second kappa shape index (κ2) is 9.95. The number of allylic oxidation sites excluding steroid dienone is 1. The predicted molar refractivity (Wildman–Crippen MR) is 124 cm³/mol. The third kappa shape index (κ3) is 5.43. The highest BCUT2D eigenvalue weighted by Crippen LogP contribution is 2.25. The van der Waals surface area contributed by atoms with Gasteiger partial charge in [-0.25, -0.2) is 4.98 Å². The molecular formula is C21H18ClN5O2S2. The second-order valence-corrected chi connectivity index (χ2v) is 8.95. The molecule has 0 unspecified atom stereocenters. The maximum absolute atomic E-state index is 12.4. The van der Waals surface area contributed by atoms with Crippen LogP contribution in [0, 0.1) is 0 Å². The zero-order valence-electron chi connectivity index (χ0n) is 16.3. The first-order valence-corrected chi connectivity index (χ1v) is 11.5. The SMILES string of the molecule is C=CCn1c(SCC(=O)Nc2ncc(Cc3ccc(Cl)cc3)s2)nnc1-c1ccco1. The summed E-state index contributed by atoms with van der Waals surface area (Å²) >= 11 is 8.67. The van der Waals surface area contributed by atoms with Gasteiger partial charge in [-0.2, -0.15) is 0 Å². The molecule has 4 aromatic rings. The zero-order valence-corrected chi connectivity index (χ0v) is 18.7. The Morgan fingerprint density at radius 1 is 1.29 bits per heavy atom. The lowest BCUT2D eigenvalue weighted by Gasteiger charge is -2.06. The summed E-state index contributed by atoms with van der Waals surface area (Å²) < 4.78 is 7.27. The van der Waals surface area contributed by atoms with Crippen LogP contribution in [0.15, 0.2) is 71.1 Å². The first kappa shape index (κ1) is 21.4. The Labute approximate surface area is 192 Å². The molecule has 0 atom stereocenters. The molecule has 0 fully saturated rings. The summed E-state index contributed by atoms with van der Waals surface area (Å²) in [5, 5.41) is 13.1. The van der Waals surface area contributed by atoms with Crippen LogP contribution in [0.5, 0.6) is 0 Å². The monoisotopic (exact) mass is 471 g/mol. The van der Waals surface area contributed by atoms with Crippen LogP contribution in [0.4, 0.5) is 5.13 Å². The van der Waals surface area contributed by atoms with Crippen molar-refractivity contribution in [2.45, 2.75) is 18.1 Å². The molecule has 0 saturated carbocycles. The largest absolute Gasteiger partial charge is 0.461 e. The number of carbonyl (C=O) groups excluding carboxylic acids is 1. The van der Waals surface area contributed by atoms with Crippen molar-refractivity contribution in [1.29, 1.82) is 0 Å². The fourth-order valence-corrected chi connectivity index (χ4v) is 4.55. The standard InChI is InChI=1S/C21H18ClN5O2S2/c1-2-9-27-19(17-4-3-10-29-17)25-26-21(27)30-13-18(28)24-20-23-12-16(31-20)11-14-5-7-15(22)8-6-14/h2-8,10,12H,1,9,11,13H2,(H,23,24,28). The van der Waals surface area contributed by atoms with Gasteiger partial charge in [0.1, 0.15) is 0 Å². The molecule has 0 aliphatic carbocycles. The molecule has 3 heterocycles. The van der Waals surface area contributed by atoms with Crippen LogP contribution < -0.4 is 5.32 Å². The van der Waals surface area contributed by atoms with Crippen molar-refractivity contribution in [3.05, 3.63) is 77.0 Å². The molecule has 0 aliphatic rings. The highest BCUT2D eigenvalue weighted by molar-refractivity contribution is 7.99. The summed E-state index contributed by atoms with van der Waals surface area (Å²) in [7, 11) is 0. The Bertz CT molecular complexity index is 1170. The average Bonchev–Trinajstić information content (AvgIpc) is 3.50. The third-order valence-corrected chi connectivity index (χ3v) is 6.33. The fraction of sp³-hybridized carbons (Fsp3) is 0.143. The molecule has 158 valence electrons. The summed E-state index contributed by atoms with van der Waals surface area (Å²) in [5.41, 5.74) is 1.13. The number of nitrogens with zero attached hydrogens (tertiary/aromatic N) is 4. The van der Waals surface area contributed by atoms with E-state index in [1.807, 2.05) is 34.9 Å². The average molecular weight is 472 g/mol. The van der Waals surface area contributed by atoms with Crippen LogP contribution in [0.25, 0.3) is 11.6 Å². The Kier molecular flexibility index (Phi) is 6.86. The molecule has 0 aliphatic heterocycles. The number of thiazole rings is 1. The van der Waals surface area contributed by atoms with Gasteiger partial charge in [0.2, 0.25) is 11.7 Å². The number of thioether (sulfide) groups is 1. The van der Waals surface area contributed by atoms with Gasteiger partial charge in [-0.05, 0) is 29.8 Å². The summed E-state index contributed by atoms with van der Waals surface area (Å²) in [6.07, 6.45) is 5.84. The van der Waals surface area contributed by atoms with Crippen molar-refractivity contribution in [2.24, 2.45) is 0 Å². The zero-order chi connectivity index (χ0) is 21.6. The first-order chi connectivity index (χ1) is 15.1. The van der Waals surface area contributed by atoms with Gasteiger partial charge in [0.15, 0.2) is 16.0 Å². The quantitative estimate of drug-likeness (QED) is 0.268. The van der Waals surface area contributed by atoms with Gasteiger partial charge in [-0.15, -0.1) is 28.1 Å². The number of rotatable bonds is 9. The number of anilines is 1. The molecule has 0 bridgehead atoms. The number of halogens is 1. The maximum Gasteiger partial charge on any atom is 0.236 e. The Morgan fingerprint density at radius 2 is 2.13 bits per heavy atom. The van der Waals surface area contributed by atoms with Gasteiger partial charge in [0, 0.05) is 29.1 Å². The van der Waals surface area contributed by atoms with Crippen molar-refractivity contribution in [3.63, 3.8) is 0 Å². The van der Waals surface area contributed by atoms with Crippen LogP contribution in [0.3, 0.4) is 0 Å². The van der Waals surface area contributed by atoms with Gasteiger partial charge >= 0.3 is 0 Å². The molecule has 1 N–H and O–H groups in total. The molecule has 4 rings (SSSR count). The number of furan rings is 1. The Hall–Kier alpha value is -2.88. The van der Waals surface area contributed by atoms with Crippen molar-refractivity contribution in [1.82, 2.24) is 19.7 Å². The minimum absolute atomic E-state index is 0.162. The molecular weight excluding hydrogens is 454 g/mol. The molecule has 1 amide bonds. The summed E-state index contributed by atoms with van der Waals surface area (Å²) in [5.74, 6) is 1.23. The van der Waals surface area contributed by atoms with E-state index in [9.17, 15) is 4.79 Å². The van der Waals surface area contributed by atoms with E-state index in [0.717, 1.165) is 16.9 Å². The van der Waals surface area contributed by atoms with Crippen molar-refractivity contribution in [2.75, 3.05) is 11.1 Å². The van der Waals surface area contributed by atoms with Crippen LogP contribution in [0.2, 0.25) is 5.02 Å². The maximum atomic E-state index is 12.4. The predicted octanol–water partition coefficient (Wildman–Crippen LogP) is 5.16. The molecule has 3 aromatic heterocycles. The Morgan fingerprint density at radius 3 is 2.87 bits per heavy atom. The van der Waals surface area contributed by atoms with E-state index in [4.69, 9.17) is 16.0 Å². The highest BCUT2D eigenvalue weighted by atomic mass is 35.5. The van der Waals surface area contributed by atoms with Crippen LogP contribution in [0.1, 0.15) is 10.4 Å². The van der Waals surface area contributed by atoms with Crippen LogP contribution in [-0.2, 0) is 17.8 Å². The fourth-order valence-electron chi connectivity index (χ4n) is 2.81. The van der Waals surface area contributed by atoms with Crippen molar-refractivity contribution >= 4 is 45.7 Å². The van der Waals surface area contributed by atoms with Crippen LogP contribution in [-0.4, -0.2) is 31.4 Å². The Balaban J connectivity index is 1.35. The van der Waals surface area contributed by atoms with Gasteiger partial charge < -0.3 is 9.73 Å². The normalized spacial score (nSPS) is 10.9. The molecule has 0 radical (unpaired) electrons. The topological polar surface area (TPSA) is 85.8 Å². The van der Waals surface area contributed by atoms with E-state index in [1.165, 1.54) is 23.1 Å². The third-order valence-electron chi connectivity index (χ3n) is 4.19. The number of benzene rings is 1. The van der Waals surface area contributed by atoms with E-state index in [2.05, 4.69) is 27.1 Å². The van der Waals surface area contributed by atoms with Crippen molar-refractivity contribution in [3.8, 4) is 11.6 Å². The highest BCUT2D eigenvalue weighted by Gasteiger charge is 2.17. The van der Waals surface area contributed by atoms with Gasteiger partial charge in [-0.1, -0.05) is 41.6 Å². The minimum atomic E-state index is -0.162. The van der Waals surface area contributed by atoms with Gasteiger partial charge in [0.05, 0.1) is 12.0 Å². The molecule has 7 nitrogen and oxygen atoms in total. The van der Waals surface area contributed by atoms with E-state index >= 15 is 0 Å². The van der Waals surface area contributed by atoms with Crippen LogP contribution >= 0.6 is 34.7 Å². The number of hydrogen-bond acceptors (Lipinski definition) is 7. The van der Waals surface area contributed by atoms with E-state index in [-0.39, 0.29) is 11.7 Å². The van der Waals surface area contributed by atoms with Crippen molar-refractivity contribution < 1.29 is 9.21 Å². The molecule has 0 saturated heterocycles. The lowest BCUT2D eigenvalue weighted by molar-refractivity contribution is -0.113. The van der Waals surface area contributed by atoms with E-state index in [1.54, 1.807) is 24.6 Å². The number of aromatic nitrogens is 4. The lowest BCUT2D eigenvalue weighted by Crippen LogP contribution is -2.14. The van der Waals surface area contributed by atoms with Gasteiger partial charge in [0.25, 0.3) is 0 Å². The molecule has 10 heteroatoms. The van der Waals surface area contributed by atoms with E-state index < -0.39 is 0 Å². The summed E-state index contributed by atoms with van der Waals surface area (Å²) in [6.45, 7) is 4.29. The smallest absolute Gasteiger partial charge is 0.236 e. The summed E-state index contributed by atoms with van der Waals surface area (Å²) in [4.78, 5) is 17.8. The molecule has 0 spiro atoms. The minimum Gasteiger partial charge on any atom is -0.461 e. The summed E-state index contributed by atoms with van der Waals surface area (Å²) in [6, 6.07) is 11.3. The molecule has 1 aromatic carbocycles. The second-order valence-electron chi connectivity index (χ2n) is 6.45. The molecule has 31 heavy (non-hydrogen) atoms. The van der Waals surface area contributed by atoms with Gasteiger partial charge in [-0.3, -0.25) is 9.36 Å². The lowest BCUT2D eigenvalue weighted by atomic mass is 10.1. The number of amides is 1. The first-order valence-electron chi connectivity index (χ1n) is 9.32. The number of nitrogens with one attached hydrogen (secondary N) is 1. The number of carbonyl (C=O) groups is 1. The van der Waals surface area contributed by atoms with E-state index in [0.29, 0.717) is 33.4 Å².